The van der Waals surface area contributed by atoms with Crippen molar-refractivity contribution in [3.63, 3.8) is 0 Å². The molecular formula is C85H50N8O2. The first-order valence-electron chi connectivity index (χ1n) is 31.5. The van der Waals surface area contributed by atoms with Gasteiger partial charge in [0.1, 0.15) is 41.0 Å². The topological polar surface area (TPSA) is 141 Å². The Bertz CT molecular complexity index is 6640. The van der Waals surface area contributed by atoms with E-state index in [9.17, 15) is 21.0 Å². The Morgan fingerprint density at radius 1 is 0.253 bits per heavy atom. The molecule has 0 amide bonds. The average Bonchev–Trinajstić information content (AvgIpc) is 1.62. The van der Waals surface area contributed by atoms with Crippen molar-refractivity contribution in [3.05, 3.63) is 288 Å². The molecule has 13 aromatic carbocycles. The molecule has 19 aromatic rings. The number of hydrogen-bond acceptors (Lipinski definition) is 6. The molecule has 0 radical (unpaired) electrons. The number of para-hydroxylation sites is 8. The van der Waals surface area contributed by atoms with Gasteiger partial charge < -0.3 is 27.1 Å². The summed E-state index contributed by atoms with van der Waals surface area (Å²) in [4.78, 5) is 0. The van der Waals surface area contributed by atoms with Crippen molar-refractivity contribution in [3.8, 4) is 58.2 Å². The van der Waals surface area contributed by atoms with Crippen LogP contribution in [0.4, 0.5) is 0 Å². The van der Waals surface area contributed by atoms with Crippen LogP contribution in [0, 0.1) is 66.1 Å². The summed E-state index contributed by atoms with van der Waals surface area (Å²) in [5.74, 6) is 0. The van der Waals surface area contributed by atoms with Crippen LogP contribution in [0.1, 0.15) is 38.9 Å². The zero-order valence-corrected chi connectivity index (χ0v) is 51.6. The van der Waals surface area contributed by atoms with E-state index in [1.165, 1.54) is 0 Å². The van der Waals surface area contributed by atoms with Crippen LogP contribution in [-0.2, 0) is 0 Å². The normalized spacial score (nSPS) is 11.7. The first kappa shape index (κ1) is 54.5. The van der Waals surface area contributed by atoms with E-state index in [-0.39, 0.29) is 0 Å². The van der Waals surface area contributed by atoms with Crippen LogP contribution >= 0.6 is 0 Å². The van der Waals surface area contributed by atoms with Gasteiger partial charge in [0.25, 0.3) is 0 Å². The van der Waals surface area contributed by atoms with Crippen molar-refractivity contribution in [1.29, 1.82) is 21.0 Å². The summed E-state index contributed by atoms with van der Waals surface area (Å²) in [6.07, 6.45) is 0. The highest BCUT2D eigenvalue weighted by Gasteiger charge is 2.32. The minimum absolute atomic E-state index is 0.475. The van der Waals surface area contributed by atoms with Crippen LogP contribution in [0.25, 0.3) is 165 Å². The van der Waals surface area contributed by atoms with Crippen LogP contribution in [0.15, 0.2) is 258 Å². The lowest BCUT2D eigenvalue weighted by atomic mass is 9.89. The van der Waals surface area contributed by atoms with Gasteiger partial charge in [0.2, 0.25) is 0 Å². The Morgan fingerprint density at radius 2 is 0.537 bits per heavy atom. The number of hydrogen-bond donors (Lipinski definition) is 0. The second-order valence-corrected chi connectivity index (χ2v) is 24.3. The molecular weight excluding hydrogens is 1160 g/mol. The molecule has 0 aliphatic rings. The van der Waals surface area contributed by atoms with Gasteiger partial charge in [0.05, 0.1) is 83.6 Å². The van der Waals surface area contributed by atoms with Crippen LogP contribution < -0.4 is 0 Å². The van der Waals surface area contributed by atoms with Gasteiger partial charge in [-0.1, -0.05) is 188 Å². The van der Waals surface area contributed by atoms with Crippen molar-refractivity contribution in [2.24, 2.45) is 0 Å². The Kier molecular flexibility index (Phi) is 12.0. The predicted molar refractivity (Wildman–Crippen MR) is 383 cm³/mol. The molecule has 6 aromatic heterocycles. The molecule has 442 valence electrons. The summed E-state index contributed by atoms with van der Waals surface area (Å²) in [7, 11) is 0. The second-order valence-electron chi connectivity index (χ2n) is 24.3. The molecule has 19 rings (SSSR count). The highest BCUT2D eigenvalue weighted by atomic mass is 16.3. The standard InChI is InChI=1S/C45H26N4O.C40H24N4O/c1-27-35(25-46)41(28-13-3-2-4-14-28)43(36(26-47)42(27)48-37-19-9-5-15-29(37)30-16-6-10-20-38(30)48)49-39-21-11-7-17-31(39)33-23-24-34-32-18-8-12-22-40(32)50-45(34)44(33)49;1-23-32(22-42)38(24(2)31(21-41)37(23)43-33-15-7-3-11-25(33)26-12-4-8-16-34(26)43)44-35-17-9-5-13-27(35)29-19-20-30-28-14-6-10-18-36(28)45-40(30)39(29)44/h2-24H,1H3;3-20H,1-2H3. The van der Waals surface area contributed by atoms with Crippen molar-refractivity contribution >= 4 is 131 Å². The summed E-state index contributed by atoms with van der Waals surface area (Å²) in [6.45, 7) is 5.90. The number of furan rings is 2. The monoisotopic (exact) mass is 1210 g/mol. The van der Waals surface area contributed by atoms with E-state index in [0.29, 0.717) is 44.9 Å². The van der Waals surface area contributed by atoms with E-state index >= 15 is 0 Å². The van der Waals surface area contributed by atoms with Crippen LogP contribution in [-0.4, -0.2) is 18.3 Å². The average molecular weight is 1220 g/mol. The zero-order valence-electron chi connectivity index (χ0n) is 51.6. The highest BCUT2D eigenvalue weighted by molar-refractivity contribution is 6.24. The fourth-order valence-electron chi connectivity index (χ4n) is 15.5. The quantitative estimate of drug-likeness (QED) is 0.168. The molecule has 0 fully saturated rings. The fourth-order valence-corrected chi connectivity index (χ4v) is 15.5. The van der Waals surface area contributed by atoms with Gasteiger partial charge in [-0.05, 0) is 104 Å². The maximum atomic E-state index is 11.5. The predicted octanol–water partition coefficient (Wildman–Crippen LogP) is 21.6. The van der Waals surface area contributed by atoms with Gasteiger partial charge >= 0.3 is 0 Å². The first-order chi connectivity index (χ1) is 46.8. The Morgan fingerprint density at radius 3 is 0.926 bits per heavy atom. The summed E-state index contributed by atoms with van der Waals surface area (Å²) < 4.78 is 21.9. The van der Waals surface area contributed by atoms with Crippen molar-refractivity contribution in [1.82, 2.24) is 18.3 Å². The van der Waals surface area contributed by atoms with E-state index < -0.39 is 0 Å². The van der Waals surface area contributed by atoms with Crippen LogP contribution in [0.3, 0.4) is 0 Å². The van der Waals surface area contributed by atoms with Gasteiger partial charge in [0, 0.05) is 70.2 Å². The molecule has 10 nitrogen and oxygen atoms in total. The first-order valence-corrected chi connectivity index (χ1v) is 31.5. The van der Waals surface area contributed by atoms with Gasteiger partial charge in [-0.2, -0.15) is 21.0 Å². The Balaban J connectivity index is 0.000000140. The number of aromatic nitrogens is 4. The SMILES string of the molecule is Cc1c(C#N)c(-c2ccccc2)c(-n2c3ccccc3c3ccc4c5ccccc5oc4c32)c(C#N)c1-n1c2ccccc2c2ccccc21.Cc1c(C#N)c(-n2c3ccccc3c3ccc4c5ccccc5oc4c32)c(C)c(C#N)c1-n1c2ccccc2c2ccccc21. The van der Waals surface area contributed by atoms with Crippen LogP contribution in [0.2, 0.25) is 0 Å². The fraction of sp³-hybridized carbons (Fsp3) is 0.0353. The molecule has 0 N–H and O–H groups in total. The smallest absolute Gasteiger partial charge is 0.160 e. The molecule has 0 atom stereocenters. The molecule has 0 bridgehead atoms. The summed E-state index contributed by atoms with van der Waals surface area (Å²) >= 11 is 0. The zero-order chi connectivity index (χ0) is 63.9. The minimum atomic E-state index is 0.475. The van der Waals surface area contributed by atoms with E-state index in [0.717, 1.165) is 159 Å². The van der Waals surface area contributed by atoms with E-state index in [1.54, 1.807) is 0 Å². The number of nitrogens with zero attached hydrogens (tertiary/aromatic N) is 8. The summed E-state index contributed by atoms with van der Waals surface area (Å²) in [6, 6.07) is 94.6. The van der Waals surface area contributed by atoms with E-state index in [2.05, 4.69) is 152 Å². The van der Waals surface area contributed by atoms with Gasteiger partial charge in [-0.15, -0.1) is 0 Å². The Hall–Kier alpha value is -13.4. The Labute approximate surface area is 542 Å². The maximum Gasteiger partial charge on any atom is 0.160 e. The molecule has 0 saturated carbocycles. The third-order valence-electron chi connectivity index (χ3n) is 19.5. The van der Waals surface area contributed by atoms with Crippen molar-refractivity contribution in [2.45, 2.75) is 20.8 Å². The van der Waals surface area contributed by atoms with E-state index in [1.807, 2.05) is 160 Å². The molecule has 0 unspecified atom stereocenters. The molecule has 0 aliphatic carbocycles. The van der Waals surface area contributed by atoms with Gasteiger partial charge in [0.15, 0.2) is 11.2 Å². The summed E-state index contributed by atoms with van der Waals surface area (Å²) in [5.41, 5.74) is 19.3. The van der Waals surface area contributed by atoms with Crippen molar-refractivity contribution < 1.29 is 8.83 Å². The summed E-state index contributed by atoms with van der Waals surface area (Å²) in [5, 5.41) is 57.0. The lowest BCUT2D eigenvalue weighted by molar-refractivity contribution is 0.670. The van der Waals surface area contributed by atoms with E-state index in [4.69, 9.17) is 8.83 Å². The lowest BCUT2D eigenvalue weighted by Gasteiger charge is -2.23. The second kappa shape index (κ2) is 20.8. The van der Waals surface area contributed by atoms with Crippen LogP contribution in [0.5, 0.6) is 0 Å². The molecule has 0 aliphatic heterocycles. The number of nitriles is 4. The third-order valence-corrected chi connectivity index (χ3v) is 19.5. The molecule has 10 heteroatoms. The minimum Gasteiger partial charge on any atom is -0.454 e. The number of benzene rings is 13. The highest BCUT2D eigenvalue weighted by Crippen LogP contribution is 2.49. The molecule has 95 heavy (non-hydrogen) atoms. The largest absolute Gasteiger partial charge is 0.454 e. The maximum absolute atomic E-state index is 11.5. The lowest BCUT2D eigenvalue weighted by Crippen LogP contribution is -2.11. The molecule has 0 spiro atoms. The third kappa shape index (κ3) is 7.57. The molecule has 6 heterocycles. The van der Waals surface area contributed by atoms with Crippen molar-refractivity contribution in [2.75, 3.05) is 0 Å². The number of fused-ring (bicyclic) bond motifs is 20. The van der Waals surface area contributed by atoms with Gasteiger partial charge in [-0.25, -0.2) is 0 Å². The van der Waals surface area contributed by atoms with Gasteiger partial charge in [-0.3, -0.25) is 0 Å². The molecule has 0 saturated heterocycles. The number of rotatable bonds is 5.